The minimum atomic E-state index is -0.502. The topological polar surface area (TPSA) is 77.3 Å². The van der Waals surface area contributed by atoms with Crippen molar-refractivity contribution in [2.24, 2.45) is 0 Å². The number of hydrogen-bond acceptors (Lipinski definition) is 5. The molecule has 0 bridgehead atoms. The molecule has 1 aromatic heterocycles. The Morgan fingerprint density at radius 3 is 3.00 bits per heavy atom. The summed E-state index contributed by atoms with van der Waals surface area (Å²) >= 11 is 0. The average molecular weight is 209 g/mol. The van der Waals surface area contributed by atoms with Gasteiger partial charge in [-0.25, -0.2) is 0 Å². The molecule has 0 aromatic carbocycles. The second kappa shape index (κ2) is 4.94. The summed E-state index contributed by atoms with van der Waals surface area (Å²) < 4.78 is 4.87. The van der Waals surface area contributed by atoms with Crippen molar-refractivity contribution in [1.82, 2.24) is 4.98 Å². The van der Waals surface area contributed by atoms with E-state index >= 15 is 0 Å². The van der Waals surface area contributed by atoms with Crippen molar-refractivity contribution in [2.75, 3.05) is 19.0 Å². The molecular weight excluding hydrogens is 198 g/mol. The van der Waals surface area contributed by atoms with Gasteiger partial charge in [0.15, 0.2) is 0 Å². The Balaban J connectivity index is 3.04. The number of nitrogens with one attached hydrogen (secondary N) is 1. The Kier molecular flexibility index (Phi) is 3.61. The zero-order valence-corrected chi connectivity index (χ0v) is 8.27. The van der Waals surface area contributed by atoms with Gasteiger partial charge in [-0.3, -0.25) is 10.1 Å². The molecule has 0 spiro atoms. The number of aromatic nitrogens is 1. The van der Waals surface area contributed by atoms with Crippen LogP contribution in [0.4, 0.5) is 11.5 Å². The lowest BCUT2D eigenvalue weighted by atomic mass is 10.4. The van der Waals surface area contributed by atoms with Crippen LogP contribution in [0.15, 0.2) is 24.8 Å². The SMILES string of the molecule is C=CCNc1nc(OC)ccc1[N+](=O)[O-]. The van der Waals surface area contributed by atoms with Crippen molar-refractivity contribution in [2.45, 2.75) is 0 Å². The van der Waals surface area contributed by atoms with Crippen molar-refractivity contribution in [1.29, 1.82) is 0 Å². The van der Waals surface area contributed by atoms with Crippen LogP contribution < -0.4 is 10.1 Å². The monoisotopic (exact) mass is 209 g/mol. The first kappa shape index (κ1) is 11.0. The molecule has 0 atom stereocenters. The van der Waals surface area contributed by atoms with Gasteiger partial charge in [0.1, 0.15) is 0 Å². The molecule has 1 N–H and O–H groups in total. The van der Waals surface area contributed by atoms with E-state index in [1.165, 1.54) is 19.2 Å². The normalized spacial score (nSPS) is 9.40. The van der Waals surface area contributed by atoms with E-state index in [1.807, 2.05) is 0 Å². The molecule has 1 rings (SSSR count). The molecule has 0 amide bonds. The highest BCUT2D eigenvalue weighted by Gasteiger charge is 2.15. The maximum absolute atomic E-state index is 10.6. The number of pyridine rings is 1. The highest BCUT2D eigenvalue weighted by atomic mass is 16.6. The fourth-order valence-corrected chi connectivity index (χ4v) is 0.994. The fourth-order valence-electron chi connectivity index (χ4n) is 0.994. The van der Waals surface area contributed by atoms with E-state index in [0.717, 1.165) is 0 Å². The van der Waals surface area contributed by atoms with Crippen molar-refractivity contribution >= 4 is 11.5 Å². The Morgan fingerprint density at radius 1 is 1.73 bits per heavy atom. The van der Waals surface area contributed by atoms with Gasteiger partial charge in [-0.1, -0.05) is 6.08 Å². The number of ether oxygens (including phenoxy) is 1. The van der Waals surface area contributed by atoms with E-state index in [4.69, 9.17) is 4.74 Å². The third-order valence-corrected chi connectivity index (χ3v) is 1.67. The fraction of sp³-hybridized carbons (Fsp3) is 0.222. The molecule has 0 saturated heterocycles. The summed E-state index contributed by atoms with van der Waals surface area (Å²) in [5.74, 6) is 0.506. The van der Waals surface area contributed by atoms with Gasteiger partial charge in [0.2, 0.25) is 11.7 Å². The highest BCUT2D eigenvalue weighted by Crippen LogP contribution is 2.24. The lowest BCUT2D eigenvalue weighted by Crippen LogP contribution is -2.04. The van der Waals surface area contributed by atoms with Crippen LogP contribution in [0.2, 0.25) is 0 Å². The van der Waals surface area contributed by atoms with Crippen molar-refractivity contribution in [3.05, 3.63) is 34.9 Å². The molecule has 15 heavy (non-hydrogen) atoms. The summed E-state index contributed by atoms with van der Waals surface area (Å²) in [7, 11) is 1.45. The Bertz CT molecular complexity index is 379. The Hall–Kier alpha value is -2.11. The first-order chi connectivity index (χ1) is 7.19. The molecule has 0 saturated carbocycles. The maximum Gasteiger partial charge on any atom is 0.311 e. The van der Waals surface area contributed by atoms with Crippen molar-refractivity contribution < 1.29 is 9.66 Å². The van der Waals surface area contributed by atoms with Crippen LogP contribution in [-0.2, 0) is 0 Å². The van der Waals surface area contributed by atoms with E-state index < -0.39 is 4.92 Å². The van der Waals surface area contributed by atoms with Crippen molar-refractivity contribution in [3.8, 4) is 5.88 Å². The zero-order valence-electron chi connectivity index (χ0n) is 8.27. The highest BCUT2D eigenvalue weighted by molar-refractivity contribution is 5.57. The molecule has 6 heteroatoms. The number of nitro groups is 1. The lowest BCUT2D eigenvalue weighted by Gasteiger charge is -2.05. The van der Waals surface area contributed by atoms with Crippen LogP contribution in [0, 0.1) is 10.1 Å². The van der Waals surface area contributed by atoms with E-state index in [1.54, 1.807) is 6.08 Å². The van der Waals surface area contributed by atoms with Gasteiger partial charge in [-0.2, -0.15) is 4.98 Å². The number of methoxy groups -OCH3 is 1. The molecule has 80 valence electrons. The minimum Gasteiger partial charge on any atom is -0.481 e. The van der Waals surface area contributed by atoms with Gasteiger partial charge in [0, 0.05) is 18.7 Å². The summed E-state index contributed by atoms with van der Waals surface area (Å²) in [5, 5.41) is 13.4. The molecule has 0 unspecified atom stereocenters. The molecule has 0 aliphatic carbocycles. The second-order valence-electron chi connectivity index (χ2n) is 2.65. The maximum atomic E-state index is 10.6. The lowest BCUT2D eigenvalue weighted by molar-refractivity contribution is -0.384. The van der Waals surface area contributed by atoms with Crippen LogP contribution in [0.5, 0.6) is 5.88 Å². The molecule has 0 radical (unpaired) electrons. The first-order valence-electron chi connectivity index (χ1n) is 4.23. The number of anilines is 1. The number of rotatable bonds is 5. The number of hydrogen-bond donors (Lipinski definition) is 1. The van der Waals surface area contributed by atoms with Crippen LogP contribution in [-0.4, -0.2) is 23.6 Å². The predicted molar refractivity (Wildman–Crippen MR) is 56.1 cm³/mol. The van der Waals surface area contributed by atoms with Gasteiger partial charge >= 0.3 is 5.69 Å². The van der Waals surface area contributed by atoms with Gasteiger partial charge in [-0.05, 0) is 0 Å². The minimum absolute atomic E-state index is 0.0855. The third kappa shape index (κ3) is 2.67. The number of nitrogens with zero attached hydrogens (tertiary/aromatic N) is 2. The van der Waals surface area contributed by atoms with E-state index in [2.05, 4.69) is 16.9 Å². The molecule has 0 fully saturated rings. The Labute approximate surface area is 86.7 Å². The van der Waals surface area contributed by atoms with Crippen LogP contribution in [0.1, 0.15) is 0 Å². The van der Waals surface area contributed by atoms with Crippen LogP contribution in [0.3, 0.4) is 0 Å². The summed E-state index contributed by atoms with van der Waals surface area (Å²) in [6.07, 6.45) is 1.59. The summed E-state index contributed by atoms with van der Waals surface area (Å²) in [4.78, 5) is 14.1. The van der Waals surface area contributed by atoms with E-state index in [9.17, 15) is 10.1 Å². The molecule has 0 aliphatic heterocycles. The summed E-state index contributed by atoms with van der Waals surface area (Å²) in [6, 6.07) is 2.79. The largest absolute Gasteiger partial charge is 0.481 e. The average Bonchev–Trinajstić information content (AvgIpc) is 2.25. The van der Waals surface area contributed by atoms with Gasteiger partial charge in [0.25, 0.3) is 0 Å². The van der Waals surface area contributed by atoms with Gasteiger partial charge in [0.05, 0.1) is 12.0 Å². The van der Waals surface area contributed by atoms with E-state index in [0.29, 0.717) is 12.4 Å². The third-order valence-electron chi connectivity index (χ3n) is 1.67. The standard InChI is InChI=1S/C9H11N3O3/c1-3-6-10-9-7(12(13)14)4-5-8(11-9)15-2/h3-5H,1,6H2,2H3,(H,10,11). The molecule has 6 nitrogen and oxygen atoms in total. The predicted octanol–water partition coefficient (Wildman–Crippen LogP) is 1.60. The first-order valence-corrected chi connectivity index (χ1v) is 4.23. The quantitative estimate of drug-likeness (QED) is 0.452. The van der Waals surface area contributed by atoms with Gasteiger partial charge in [-0.15, -0.1) is 6.58 Å². The van der Waals surface area contributed by atoms with Crippen LogP contribution in [0.25, 0.3) is 0 Å². The smallest absolute Gasteiger partial charge is 0.311 e. The molecular formula is C9H11N3O3. The van der Waals surface area contributed by atoms with E-state index in [-0.39, 0.29) is 11.5 Å². The van der Waals surface area contributed by atoms with Gasteiger partial charge < -0.3 is 10.1 Å². The zero-order chi connectivity index (χ0) is 11.3. The summed E-state index contributed by atoms with van der Waals surface area (Å²) in [5.41, 5.74) is -0.0855. The van der Waals surface area contributed by atoms with Crippen molar-refractivity contribution in [3.63, 3.8) is 0 Å². The second-order valence-corrected chi connectivity index (χ2v) is 2.65. The molecule has 1 heterocycles. The molecule has 1 aromatic rings. The molecule has 0 aliphatic rings. The summed E-state index contributed by atoms with van der Waals surface area (Å²) in [6.45, 7) is 3.91. The van der Waals surface area contributed by atoms with Crippen LogP contribution >= 0.6 is 0 Å². The Morgan fingerprint density at radius 2 is 2.47 bits per heavy atom.